The number of nitrogens with zero attached hydrogens (tertiary/aromatic N) is 3. The highest BCUT2D eigenvalue weighted by molar-refractivity contribution is 5.72. The highest BCUT2D eigenvalue weighted by Gasteiger charge is 2.05. The minimum atomic E-state index is -0.177. The summed E-state index contributed by atoms with van der Waals surface area (Å²) in [5, 5.41) is 4.74. The Balaban J connectivity index is 1.98. The molecule has 0 unspecified atom stereocenters. The predicted octanol–water partition coefficient (Wildman–Crippen LogP) is 0.750. The fourth-order valence-electron chi connectivity index (χ4n) is 1.79. The van der Waals surface area contributed by atoms with Crippen molar-refractivity contribution in [2.24, 2.45) is 0 Å². The minimum Gasteiger partial charge on any atom is -0.399 e. The minimum absolute atomic E-state index is 0.177. The molecule has 3 aromatic rings. The third kappa shape index (κ3) is 1.84. The summed E-state index contributed by atoms with van der Waals surface area (Å²) in [5.41, 5.74) is 7.69. The van der Waals surface area contributed by atoms with Gasteiger partial charge in [-0.1, -0.05) is 12.1 Å². The van der Waals surface area contributed by atoms with E-state index in [1.54, 1.807) is 10.9 Å². The molecular weight excluding hydrogens is 230 g/mol. The molecular formula is C12H11N5O. The SMILES string of the molecule is Nc1ccc(Cn2cc3c(=O)[nH]cnc3n2)cc1. The average molecular weight is 241 g/mol. The van der Waals surface area contributed by atoms with Gasteiger partial charge in [0.25, 0.3) is 5.56 Å². The summed E-state index contributed by atoms with van der Waals surface area (Å²) < 4.78 is 1.69. The zero-order valence-electron chi connectivity index (χ0n) is 9.50. The van der Waals surface area contributed by atoms with Gasteiger partial charge in [-0.15, -0.1) is 0 Å². The number of anilines is 1. The molecule has 0 atom stereocenters. The Labute approximate surface area is 102 Å². The number of fused-ring (bicyclic) bond motifs is 1. The van der Waals surface area contributed by atoms with Gasteiger partial charge in [-0.3, -0.25) is 9.48 Å². The van der Waals surface area contributed by atoms with Gasteiger partial charge in [0.1, 0.15) is 5.39 Å². The second-order valence-corrected chi connectivity index (χ2v) is 4.04. The Kier molecular flexibility index (Phi) is 2.33. The van der Waals surface area contributed by atoms with Gasteiger partial charge in [-0.2, -0.15) is 5.10 Å². The number of nitrogens with two attached hydrogens (primary N) is 1. The maximum Gasteiger partial charge on any atom is 0.261 e. The van der Waals surface area contributed by atoms with Crippen molar-refractivity contribution in [2.45, 2.75) is 6.54 Å². The van der Waals surface area contributed by atoms with E-state index in [0.717, 1.165) is 11.3 Å². The van der Waals surface area contributed by atoms with Crippen molar-refractivity contribution >= 4 is 16.7 Å². The van der Waals surface area contributed by atoms with Crippen molar-refractivity contribution < 1.29 is 0 Å². The standard InChI is InChI=1S/C12H11N5O/c13-9-3-1-8(2-4-9)5-17-6-10-11(16-17)14-7-15-12(10)18/h1-4,6-7H,5,13H2,(H,14,15,16,18). The lowest BCUT2D eigenvalue weighted by molar-refractivity contribution is 0.693. The molecule has 0 aliphatic rings. The number of hydrogen-bond donors (Lipinski definition) is 2. The van der Waals surface area contributed by atoms with Gasteiger partial charge in [0.05, 0.1) is 12.9 Å². The quantitative estimate of drug-likeness (QED) is 0.648. The highest BCUT2D eigenvalue weighted by Crippen LogP contribution is 2.09. The number of benzene rings is 1. The molecule has 18 heavy (non-hydrogen) atoms. The summed E-state index contributed by atoms with van der Waals surface area (Å²) >= 11 is 0. The van der Waals surface area contributed by atoms with Crippen molar-refractivity contribution in [2.75, 3.05) is 5.73 Å². The van der Waals surface area contributed by atoms with E-state index in [2.05, 4.69) is 15.1 Å². The van der Waals surface area contributed by atoms with Gasteiger partial charge in [0.2, 0.25) is 0 Å². The zero-order valence-corrected chi connectivity index (χ0v) is 9.50. The van der Waals surface area contributed by atoms with Crippen LogP contribution in [0.2, 0.25) is 0 Å². The molecule has 1 aromatic carbocycles. The lowest BCUT2D eigenvalue weighted by Gasteiger charge is -2.01. The second kappa shape index (κ2) is 3.99. The first kappa shape index (κ1) is 10.5. The van der Waals surface area contributed by atoms with Crippen molar-refractivity contribution in [3.63, 3.8) is 0 Å². The predicted molar refractivity (Wildman–Crippen MR) is 68.1 cm³/mol. The van der Waals surface area contributed by atoms with E-state index in [0.29, 0.717) is 17.6 Å². The van der Waals surface area contributed by atoms with E-state index in [4.69, 9.17) is 5.73 Å². The summed E-state index contributed by atoms with van der Waals surface area (Å²) in [6.45, 7) is 0.579. The molecule has 2 heterocycles. The van der Waals surface area contributed by atoms with Crippen LogP contribution in [0.3, 0.4) is 0 Å². The van der Waals surface area contributed by atoms with Gasteiger partial charge in [-0.25, -0.2) is 4.98 Å². The highest BCUT2D eigenvalue weighted by atomic mass is 16.1. The number of nitrogen functional groups attached to an aromatic ring is 1. The van der Waals surface area contributed by atoms with Gasteiger partial charge >= 0.3 is 0 Å². The Hall–Kier alpha value is -2.63. The van der Waals surface area contributed by atoms with Crippen LogP contribution in [-0.4, -0.2) is 19.7 Å². The van der Waals surface area contributed by atoms with Crippen molar-refractivity contribution in [3.05, 3.63) is 52.7 Å². The number of aromatic nitrogens is 4. The fourth-order valence-corrected chi connectivity index (χ4v) is 1.79. The maximum atomic E-state index is 11.5. The lowest BCUT2D eigenvalue weighted by atomic mass is 10.2. The maximum absolute atomic E-state index is 11.5. The van der Waals surface area contributed by atoms with E-state index in [1.165, 1.54) is 6.33 Å². The van der Waals surface area contributed by atoms with Crippen LogP contribution in [0.1, 0.15) is 5.56 Å². The number of aromatic amines is 1. The molecule has 2 aromatic heterocycles. The summed E-state index contributed by atoms with van der Waals surface area (Å²) in [6, 6.07) is 7.53. The summed E-state index contributed by atoms with van der Waals surface area (Å²) in [4.78, 5) is 18.1. The first-order valence-corrected chi connectivity index (χ1v) is 5.47. The van der Waals surface area contributed by atoms with Crippen LogP contribution in [-0.2, 0) is 6.54 Å². The molecule has 90 valence electrons. The molecule has 0 aliphatic heterocycles. The van der Waals surface area contributed by atoms with Crippen molar-refractivity contribution in [1.82, 2.24) is 19.7 Å². The molecule has 0 fully saturated rings. The molecule has 6 heteroatoms. The number of H-pyrrole nitrogens is 1. The first-order valence-electron chi connectivity index (χ1n) is 5.47. The molecule has 0 saturated carbocycles. The van der Waals surface area contributed by atoms with E-state index in [9.17, 15) is 4.79 Å². The smallest absolute Gasteiger partial charge is 0.261 e. The molecule has 0 spiro atoms. The summed E-state index contributed by atoms with van der Waals surface area (Å²) in [6.07, 6.45) is 3.04. The molecule has 0 bridgehead atoms. The lowest BCUT2D eigenvalue weighted by Crippen LogP contribution is -2.04. The molecule has 0 amide bonds. The van der Waals surface area contributed by atoms with Gasteiger partial charge < -0.3 is 10.7 Å². The first-order chi connectivity index (χ1) is 8.72. The number of nitrogens with one attached hydrogen (secondary N) is 1. The van der Waals surface area contributed by atoms with Crippen LogP contribution in [0.15, 0.2) is 41.6 Å². The third-order valence-electron chi connectivity index (χ3n) is 2.69. The van der Waals surface area contributed by atoms with E-state index in [1.807, 2.05) is 24.3 Å². The molecule has 6 nitrogen and oxygen atoms in total. The van der Waals surface area contributed by atoms with Crippen LogP contribution >= 0.6 is 0 Å². The monoisotopic (exact) mass is 241 g/mol. The van der Waals surface area contributed by atoms with Crippen molar-refractivity contribution in [1.29, 1.82) is 0 Å². The zero-order chi connectivity index (χ0) is 12.5. The normalized spacial score (nSPS) is 10.9. The molecule has 3 N–H and O–H groups in total. The van der Waals surface area contributed by atoms with Crippen LogP contribution < -0.4 is 11.3 Å². The Bertz CT molecular complexity index is 741. The molecule has 0 radical (unpaired) electrons. The van der Waals surface area contributed by atoms with E-state index >= 15 is 0 Å². The number of hydrogen-bond acceptors (Lipinski definition) is 4. The van der Waals surface area contributed by atoms with Crippen LogP contribution in [0, 0.1) is 0 Å². The Morgan fingerprint density at radius 2 is 2.06 bits per heavy atom. The molecule has 0 aliphatic carbocycles. The Morgan fingerprint density at radius 1 is 1.28 bits per heavy atom. The summed E-state index contributed by atoms with van der Waals surface area (Å²) in [5.74, 6) is 0. The molecule has 3 rings (SSSR count). The Morgan fingerprint density at radius 3 is 2.78 bits per heavy atom. The van der Waals surface area contributed by atoms with E-state index < -0.39 is 0 Å². The van der Waals surface area contributed by atoms with Crippen LogP contribution in [0.4, 0.5) is 5.69 Å². The summed E-state index contributed by atoms with van der Waals surface area (Å²) in [7, 11) is 0. The van der Waals surface area contributed by atoms with Gasteiger partial charge in [-0.05, 0) is 17.7 Å². The van der Waals surface area contributed by atoms with Crippen molar-refractivity contribution in [3.8, 4) is 0 Å². The largest absolute Gasteiger partial charge is 0.399 e. The molecule has 0 saturated heterocycles. The average Bonchev–Trinajstić information content (AvgIpc) is 2.76. The topological polar surface area (TPSA) is 89.6 Å². The van der Waals surface area contributed by atoms with Gasteiger partial charge in [0, 0.05) is 11.9 Å². The van der Waals surface area contributed by atoms with Gasteiger partial charge in [0.15, 0.2) is 5.65 Å². The fraction of sp³-hybridized carbons (Fsp3) is 0.0833. The van der Waals surface area contributed by atoms with E-state index in [-0.39, 0.29) is 5.56 Å². The third-order valence-corrected chi connectivity index (χ3v) is 2.69. The van der Waals surface area contributed by atoms with Crippen LogP contribution in [0.25, 0.3) is 11.0 Å². The number of rotatable bonds is 2. The van der Waals surface area contributed by atoms with Crippen LogP contribution in [0.5, 0.6) is 0 Å². The second-order valence-electron chi connectivity index (χ2n) is 4.04.